The summed E-state index contributed by atoms with van der Waals surface area (Å²) in [6.45, 7) is 0.507. The number of hydrogen-bond acceptors (Lipinski definition) is 3. The summed E-state index contributed by atoms with van der Waals surface area (Å²) in [6.07, 6.45) is 0.758. The minimum absolute atomic E-state index is 0.477. The molecule has 0 saturated carbocycles. The molecule has 1 aliphatic rings. The molecule has 0 aliphatic carbocycles. The minimum atomic E-state index is -1.99. The lowest BCUT2D eigenvalue weighted by Gasteiger charge is -2.17. The number of fused-ring (bicyclic) bond motifs is 1. The molecule has 17 heavy (non-hydrogen) atoms. The molecule has 1 heterocycles. The Hall–Kier alpha value is -0.680. The topological polar surface area (TPSA) is 47.6 Å². The molecule has 1 amide bonds. The number of carbonyl (C=O) groups excluding carboxylic acids is 1. The van der Waals surface area contributed by atoms with Crippen LogP contribution in [0.15, 0.2) is 18.2 Å². The van der Waals surface area contributed by atoms with Crippen LogP contribution in [0.5, 0.6) is 5.75 Å². The van der Waals surface area contributed by atoms with Gasteiger partial charge in [-0.1, -0.05) is 40.9 Å². The van der Waals surface area contributed by atoms with E-state index in [0.29, 0.717) is 18.0 Å². The Balaban J connectivity index is 2.15. The molecule has 1 aromatic rings. The fourth-order valence-corrected chi connectivity index (χ4v) is 1.52. The Kier molecular flexibility index (Phi) is 3.68. The predicted octanol–water partition coefficient (Wildman–Crippen LogP) is 2.86. The maximum absolute atomic E-state index is 11.4. The first-order valence-corrected chi connectivity index (χ1v) is 5.91. The number of rotatable bonds is 1. The average Bonchev–Trinajstić information content (AvgIpc) is 2.27. The quantitative estimate of drug-likeness (QED) is 0.640. The highest BCUT2D eigenvalue weighted by molar-refractivity contribution is 6.76. The van der Waals surface area contributed by atoms with E-state index in [1.165, 1.54) is 0 Å². The largest absolute Gasteiger partial charge is 0.337 e. The second-order valence-electron chi connectivity index (χ2n) is 3.43. The van der Waals surface area contributed by atoms with E-state index >= 15 is 0 Å². The van der Waals surface area contributed by atoms with Crippen LogP contribution in [0.25, 0.3) is 0 Å². The Bertz CT molecular complexity index is 445. The van der Waals surface area contributed by atoms with E-state index in [1.807, 2.05) is 6.07 Å². The minimum Gasteiger partial charge on any atom is -0.337 e. The molecule has 0 fully saturated rings. The molecule has 1 aromatic carbocycles. The van der Waals surface area contributed by atoms with E-state index in [4.69, 9.17) is 44.6 Å². The van der Waals surface area contributed by atoms with Gasteiger partial charge in [-0.15, -0.1) is 0 Å². The van der Waals surface area contributed by atoms with E-state index < -0.39 is 9.70 Å². The summed E-state index contributed by atoms with van der Waals surface area (Å²) in [5, 5.41) is 2.46. The standard InChI is InChI=1S/C10H8Cl3NO3/c11-10(12,13)9(15)14-7-2-1-6-3-4-16-17-8(6)5-7/h1-2,5H,3-4H2,(H,14,15). The Morgan fingerprint density at radius 2 is 2.12 bits per heavy atom. The van der Waals surface area contributed by atoms with Crippen LogP contribution in [0, 0.1) is 0 Å². The molecule has 0 saturated heterocycles. The van der Waals surface area contributed by atoms with Crippen LogP contribution in [-0.2, 0) is 16.1 Å². The maximum atomic E-state index is 11.4. The van der Waals surface area contributed by atoms with E-state index in [0.717, 1.165) is 12.0 Å². The summed E-state index contributed by atoms with van der Waals surface area (Å²) < 4.78 is -1.99. The van der Waals surface area contributed by atoms with Gasteiger partial charge >= 0.3 is 0 Å². The Morgan fingerprint density at radius 1 is 1.35 bits per heavy atom. The van der Waals surface area contributed by atoms with Crippen molar-refractivity contribution >= 4 is 46.4 Å². The number of halogens is 3. The summed E-state index contributed by atoms with van der Waals surface area (Å²) >= 11 is 16.3. The van der Waals surface area contributed by atoms with Crippen molar-refractivity contribution in [2.75, 3.05) is 11.9 Å². The second kappa shape index (κ2) is 4.90. The third-order valence-electron chi connectivity index (χ3n) is 2.19. The average molecular weight is 297 g/mol. The monoisotopic (exact) mass is 295 g/mol. The molecule has 4 nitrogen and oxygen atoms in total. The highest BCUT2D eigenvalue weighted by Crippen LogP contribution is 2.30. The zero-order valence-electron chi connectivity index (χ0n) is 8.50. The molecule has 92 valence electrons. The van der Waals surface area contributed by atoms with Crippen molar-refractivity contribution in [1.29, 1.82) is 0 Å². The number of anilines is 1. The number of carbonyl (C=O) groups is 1. The Labute approximate surface area is 113 Å². The molecule has 0 unspecified atom stereocenters. The van der Waals surface area contributed by atoms with Crippen LogP contribution in [0.1, 0.15) is 5.56 Å². The van der Waals surface area contributed by atoms with Crippen molar-refractivity contribution in [3.05, 3.63) is 23.8 Å². The lowest BCUT2D eigenvalue weighted by Crippen LogP contribution is -2.27. The molecule has 0 radical (unpaired) electrons. The molecular formula is C10H8Cl3NO3. The van der Waals surface area contributed by atoms with Gasteiger partial charge in [0.1, 0.15) is 0 Å². The normalized spacial score (nSPS) is 14.8. The maximum Gasteiger partial charge on any atom is 0.276 e. The van der Waals surface area contributed by atoms with Crippen molar-refractivity contribution in [1.82, 2.24) is 0 Å². The third-order valence-corrected chi connectivity index (χ3v) is 2.70. The van der Waals surface area contributed by atoms with E-state index in [1.54, 1.807) is 12.1 Å². The van der Waals surface area contributed by atoms with Crippen LogP contribution in [0.2, 0.25) is 0 Å². The number of benzene rings is 1. The second-order valence-corrected chi connectivity index (χ2v) is 5.71. The third kappa shape index (κ3) is 3.16. The van der Waals surface area contributed by atoms with Crippen LogP contribution in [0.3, 0.4) is 0 Å². The first-order valence-electron chi connectivity index (χ1n) is 4.77. The Morgan fingerprint density at radius 3 is 2.82 bits per heavy atom. The summed E-state index contributed by atoms with van der Waals surface area (Å²) in [5.41, 5.74) is 1.48. The molecular weight excluding hydrogens is 288 g/mol. The smallest absolute Gasteiger partial charge is 0.276 e. The van der Waals surface area contributed by atoms with Gasteiger partial charge in [0.05, 0.1) is 6.61 Å². The van der Waals surface area contributed by atoms with Crippen LogP contribution in [-0.4, -0.2) is 16.3 Å². The first kappa shape index (κ1) is 12.8. The van der Waals surface area contributed by atoms with Crippen molar-refractivity contribution in [2.24, 2.45) is 0 Å². The van der Waals surface area contributed by atoms with Crippen molar-refractivity contribution in [2.45, 2.75) is 10.2 Å². The fourth-order valence-electron chi connectivity index (χ4n) is 1.38. The molecule has 0 spiro atoms. The van der Waals surface area contributed by atoms with Gasteiger partial charge in [-0.05, 0) is 6.07 Å². The van der Waals surface area contributed by atoms with Crippen molar-refractivity contribution in [3.8, 4) is 5.75 Å². The fraction of sp³-hybridized carbons (Fsp3) is 0.300. The summed E-state index contributed by atoms with van der Waals surface area (Å²) in [6, 6.07) is 5.15. The molecule has 2 rings (SSSR count). The van der Waals surface area contributed by atoms with Gasteiger partial charge < -0.3 is 10.2 Å². The van der Waals surface area contributed by atoms with E-state index in [-0.39, 0.29) is 0 Å². The highest BCUT2D eigenvalue weighted by Gasteiger charge is 2.30. The summed E-state index contributed by atoms with van der Waals surface area (Å²) in [7, 11) is 0. The highest BCUT2D eigenvalue weighted by atomic mass is 35.6. The first-order chi connectivity index (χ1) is 7.97. The van der Waals surface area contributed by atoms with Gasteiger partial charge in [0.15, 0.2) is 5.75 Å². The van der Waals surface area contributed by atoms with Crippen LogP contribution < -0.4 is 10.2 Å². The molecule has 0 aromatic heterocycles. The zero-order chi connectivity index (χ0) is 12.5. The zero-order valence-corrected chi connectivity index (χ0v) is 10.8. The number of nitrogens with one attached hydrogen (secondary N) is 1. The molecule has 0 atom stereocenters. The van der Waals surface area contributed by atoms with Gasteiger partial charge in [0.2, 0.25) is 0 Å². The van der Waals surface area contributed by atoms with Gasteiger partial charge in [-0.2, -0.15) is 4.89 Å². The van der Waals surface area contributed by atoms with Gasteiger partial charge in [0.25, 0.3) is 9.70 Å². The summed E-state index contributed by atoms with van der Waals surface area (Å²) in [4.78, 5) is 21.2. The van der Waals surface area contributed by atoms with E-state index in [2.05, 4.69) is 5.32 Å². The molecule has 7 heteroatoms. The lowest BCUT2D eigenvalue weighted by atomic mass is 10.1. The van der Waals surface area contributed by atoms with Crippen molar-refractivity contribution < 1.29 is 14.6 Å². The number of hydrogen-bond donors (Lipinski definition) is 1. The van der Waals surface area contributed by atoms with Gasteiger partial charge in [-0.3, -0.25) is 4.79 Å². The van der Waals surface area contributed by atoms with Crippen molar-refractivity contribution in [3.63, 3.8) is 0 Å². The van der Waals surface area contributed by atoms with Gasteiger partial charge in [0, 0.05) is 23.7 Å². The molecule has 0 bridgehead atoms. The molecule has 1 N–H and O–H groups in total. The van der Waals surface area contributed by atoms with Crippen LogP contribution >= 0.6 is 34.8 Å². The van der Waals surface area contributed by atoms with Gasteiger partial charge in [-0.25, -0.2) is 0 Å². The number of amides is 1. The molecule has 1 aliphatic heterocycles. The number of alkyl halides is 3. The predicted molar refractivity (Wildman–Crippen MR) is 65.6 cm³/mol. The lowest BCUT2D eigenvalue weighted by molar-refractivity contribution is -0.215. The van der Waals surface area contributed by atoms with E-state index in [9.17, 15) is 4.79 Å². The summed E-state index contributed by atoms with van der Waals surface area (Å²) in [5.74, 6) is -0.169. The SMILES string of the molecule is O=C(Nc1ccc2c(c1)OOCC2)C(Cl)(Cl)Cl. The van der Waals surface area contributed by atoms with Crippen LogP contribution in [0.4, 0.5) is 5.69 Å².